The molecule has 76 valence electrons. The van der Waals surface area contributed by atoms with Crippen molar-refractivity contribution in [2.24, 2.45) is 11.8 Å². The summed E-state index contributed by atoms with van der Waals surface area (Å²) in [6.45, 7) is 6.72. The molecule has 2 heteroatoms. The van der Waals surface area contributed by atoms with Crippen LogP contribution < -0.4 is 5.32 Å². The normalized spacial score (nSPS) is 40.4. The van der Waals surface area contributed by atoms with Crippen LogP contribution in [0.4, 0.5) is 0 Å². The van der Waals surface area contributed by atoms with Gasteiger partial charge in [-0.15, -0.1) is 0 Å². The van der Waals surface area contributed by atoms with Gasteiger partial charge in [0, 0.05) is 19.2 Å². The minimum atomic E-state index is 0.502. The van der Waals surface area contributed by atoms with Crippen LogP contribution in [-0.4, -0.2) is 25.3 Å². The Labute approximate surface area is 81.0 Å². The van der Waals surface area contributed by atoms with E-state index in [9.17, 15) is 0 Å². The molecule has 2 nitrogen and oxygen atoms in total. The average molecular weight is 183 g/mol. The standard InChI is InChI=1S/C11H21NO/c1-8(2)10-11-9(7-12-10)5-3-4-6-13-11/h8-12H,3-7H2,1-2H3. The Morgan fingerprint density at radius 3 is 2.92 bits per heavy atom. The van der Waals surface area contributed by atoms with Crippen molar-refractivity contribution in [3.05, 3.63) is 0 Å². The van der Waals surface area contributed by atoms with Crippen molar-refractivity contribution >= 4 is 0 Å². The van der Waals surface area contributed by atoms with Gasteiger partial charge in [-0.2, -0.15) is 0 Å². The zero-order chi connectivity index (χ0) is 9.26. The van der Waals surface area contributed by atoms with Crippen molar-refractivity contribution < 1.29 is 4.74 Å². The van der Waals surface area contributed by atoms with E-state index in [2.05, 4.69) is 19.2 Å². The molecule has 0 spiro atoms. The van der Waals surface area contributed by atoms with Gasteiger partial charge in [-0.05, 0) is 24.7 Å². The molecule has 0 aromatic rings. The Kier molecular flexibility index (Phi) is 2.89. The monoisotopic (exact) mass is 183 g/mol. The van der Waals surface area contributed by atoms with Crippen molar-refractivity contribution in [2.45, 2.75) is 45.3 Å². The van der Waals surface area contributed by atoms with Crippen LogP contribution in [0.3, 0.4) is 0 Å². The summed E-state index contributed by atoms with van der Waals surface area (Å²) < 4.78 is 5.94. The Hall–Kier alpha value is -0.0800. The molecule has 0 bridgehead atoms. The molecule has 0 aliphatic carbocycles. The van der Waals surface area contributed by atoms with Gasteiger partial charge in [0.2, 0.25) is 0 Å². The summed E-state index contributed by atoms with van der Waals surface area (Å²) in [5, 5.41) is 3.60. The second-order valence-corrected chi connectivity index (χ2v) is 4.77. The summed E-state index contributed by atoms with van der Waals surface area (Å²) in [7, 11) is 0. The third-order valence-corrected chi connectivity index (χ3v) is 3.43. The highest BCUT2D eigenvalue weighted by Gasteiger charge is 2.38. The van der Waals surface area contributed by atoms with Gasteiger partial charge in [0.25, 0.3) is 0 Å². The second-order valence-electron chi connectivity index (χ2n) is 4.77. The molecule has 0 aromatic carbocycles. The summed E-state index contributed by atoms with van der Waals surface area (Å²) in [5.41, 5.74) is 0. The molecule has 3 atom stereocenters. The first-order valence-corrected chi connectivity index (χ1v) is 5.64. The lowest BCUT2D eigenvalue weighted by Gasteiger charge is -2.25. The average Bonchev–Trinajstić information content (AvgIpc) is 2.36. The Balaban J connectivity index is 2.02. The van der Waals surface area contributed by atoms with E-state index < -0.39 is 0 Å². The topological polar surface area (TPSA) is 21.3 Å². The molecule has 2 saturated heterocycles. The smallest absolute Gasteiger partial charge is 0.0770 e. The van der Waals surface area contributed by atoms with E-state index in [4.69, 9.17) is 4.74 Å². The minimum Gasteiger partial charge on any atom is -0.376 e. The zero-order valence-electron chi connectivity index (χ0n) is 8.75. The van der Waals surface area contributed by atoms with Gasteiger partial charge in [-0.25, -0.2) is 0 Å². The van der Waals surface area contributed by atoms with Gasteiger partial charge in [-0.3, -0.25) is 0 Å². The SMILES string of the molecule is CC(C)C1NCC2CCCCOC21. The van der Waals surface area contributed by atoms with Gasteiger partial charge in [0.1, 0.15) is 0 Å². The fraction of sp³-hybridized carbons (Fsp3) is 1.00. The highest BCUT2D eigenvalue weighted by atomic mass is 16.5. The minimum absolute atomic E-state index is 0.502. The van der Waals surface area contributed by atoms with E-state index in [1.165, 1.54) is 25.8 Å². The second kappa shape index (κ2) is 3.97. The van der Waals surface area contributed by atoms with E-state index in [0.29, 0.717) is 18.1 Å². The largest absolute Gasteiger partial charge is 0.376 e. The van der Waals surface area contributed by atoms with Crippen molar-refractivity contribution in [1.29, 1.82) is 0 Å². The molecule has 2 heterocycles. The molecule has 2 rings (SSSR count). The third kappa shape index (κ3) is 1.89. The van der Waals surface area contributed by atoms with E-state index in [1.807, 2.05) is 0 Å². The molecule has 2 aliphatic heterocycles. The number of nitrogens with one attached hydrogen (secondary N) is 1. The number of ether oxygens (including phenoxy) is 1. The van der Waals surface area contributed by atoms with E-state index in [-0.39, 0.29) is 0 Å². The van der Waals surface area contributed by atoms with Gasteiger partial charge < -0.3 is 10.1 Å². The molecular weight excluding hydrogens is 162 g/mol. The summed E-state index contributed by atoms with van der Waals surface area (Å²) in [4.78, 5) is 0. The molecule has 13 heavy (non-hydrogen) atoms. The number of hydrogen-bond acceptors (Lipinski definition) is 2. The van der Waals surface area contributed by atoms with Crippen LogP contribution in [0.15, 0.2) is 0 Å². The fourth-order valence-corrected chi connectivity index (χ4v) is 2.66. The number of fused-ring (bicyclic) bond motifs is 1. The lowest BCUT2D eigenvalue weighted by molar-refractivity contribution is 0.0202. The highest BCUT2D eigenvalue weighted by molar-refractivity contribution is 4.93. The van der Waals surface area contributed by atoms with Crippen LogP contribution in [-0.2, 0) is 4.74 Å². The van der Waals surface area contributed by atoms with Gasteiger partial charge in [0.15, 0.2) is 0 Å². The van der Waals surface area contributed by atoms with Gasteiger partial charge >= 0.3 is 0 Å². The predicted octanol–water partition coefficient (Wildman–Crippen LogP) is 1.80. The molecule has 0 radical (unpaired) electrons. The summed E-state index contributed by atoms with van der Waals surface area (Å²) in [6.07, 6.45) is 4.48. The highest BCUT2D eigenvalue weighted by Crippen LogP contribution is 2.29. The van der Waals surface area contributed by atoms with Crippen molar-refractivity contribution in [3.8, 4) is 0 Å². The molecule has 0 amide bonds. The van der Waals surface area contributed by atoms with E-state index in [0.717, 1.165) is 12.5 Å². The van der Waals surface area contributed by atoms with Crippen LogP contribution >= 0.6 is 0 Å². The molecule has 3 unspecified atom stereocenters. The Bertz CT molecular complexity index is 169. The maximum absolute atomic E-state index is 5.94. The van der Waals surface area contributed by atoms with E-state index in [1.54, 1.807) is 0 Å². The van der Waals surface area contributed by atoms with Crippen LogP contribution in [0.5, 0.6) is 0 Å². The van der Waals surface area contributed by atoms with Gasteiger partial charge in [0.05, 0.1) is 6.10 Å². The molecular formula is C11H21NO. The summed E-state index contributed by atoms with van der Waals surface area (Å²) in [5.74, 6) is 1.49. The first-order chi connectivity index (χ1) is 6.29. The number of rotatable bonds is 1. The maximum atomic E-state index is 5.94. The lowest BCUT2D eigenvalue weighted by Crippen LogP contribution is -2.37. The third-order valence-electron chi connectivity index (χ3n) is 3.43. The quantitative estimate of drug-likeness (QED) is 0.669. The van der Waals surface area contributed by atoms with Gasteiger partial charge in [-0.1, -0.05) is 20.3 Å². The molecule has 0 aromatic heterocycles. The maximum Gasteiger partial charge on any atom is 0.0770 e. The van der Waals surface area contributed by atoms with Crippen LogP contribution in [0.2, 0.25) is 0 Å². The predicted molar refractivity (Wildman–Crippen MR) is 53.7 cm³/mol. The Morgan fingerprint density at radius 1 is 1.31 bits per heavy atom. The molecule has 2 fully saturated rings. The summed E-state index contributed by atoms with van der Waals surface area (Å²) in [6, 6.07) is 0.600. The molecule has 1 N–H and O–H groups in total. The zero-order valence-corrected chi connectivity index (χ0v) is 8.75. The molecule has 0 saturated carbocycles. The van der Waals surface area contributed by atoms with Crippen LogP contribution in [0.1, 0.15) is 33.1 Å². The van der Waals surface area contributed by atoms with Crippen LogP contribution in [0.25, 0.3) is 0 Å². The summed E-state index contributed by atoms with van der Waals surface area (Å²) >= 11 is 0. The lowest BCUT2D eigenvalue weighted by atomic mass is 9.92. The van der Waals surface area contributed by atoms with Crippen LogP contribution in [0, 0.1) is 11.8 Å². The molecule has 2 aliphatic rings. The van der Waals surface area contributed by atoms with Crippen molar-refractivity contribution in [2.75, 3.05) is 13.2 Å². The first-order valence-electron chi connectivity index (χ1n) is 5.64. The van der Waals surface area contributed by atoms with Crippen molar-refractivity contribution in [3.63, 3.8) is 0 Å². The van der Waals surface area contributed by atoms with Crippen molar-refractivity contribution in [1.82, 2.24) is 5.32 Å². The number of hydrogen-bond donors (Lipinski definition) is 1. The fourth-order valence-electron chi connectivity index (χ4n) is 2.66. The first kappa shape index (κ1) is 9.47. The van der Waals surface area contributed by atoms with E-state index >= 15 is 0 Å². The Morgan fingerprint density at radius 2 is 2.15 bits per heavy atom.